The van der Waals surface area contributed by atoms with Gasteiger partial charge in [-0.3, -0.25) is 14.5 Å². The number of nitrogens with one attached hydrogen (secondary N) is 1. The zero-order valence-corrected chi connectivity index (χ0v) is 12.8. The van der Waals surface area contributed by atoms with Gasteiger partial charge in [-0.25, -0.2) is 0 Å². The summed E-state index contributed by atoms with van der Waals surface area (Å²) in [5.74, 6) is 0.230. The molecule has 0 spiro atoms. The summed E-state index contributed by atoms with van der Waals surface area (Å²) in [7, 11) is 1.82. The van der Waals surface area contributed by atoms with Crippen molar-refractivity contribution in [1.82, 2.24) is 20.0 Å². The van der Waals surface area contributed by atoms with Gasteiger partial charge in [0.05, 0.1) is 12.1 Å². The first-order valence-corrected chi connectivity index (χ1v) is 7.42. The lowest BCUT2D eigenvalue weighted by atomic mass is 9.98. The molecule has 0 aromatic carbocycles. The van der Waals surface area contributed by atoms with Crippen LogP contribution in [0.5, 0.6) is 0 Å². The molecule has 2 rings (SSSR count). The minimum atomic E-state index is -0.591. The van der Waals surface area contributed by atoms with Crippen molar-refractivity contribution < 1.29 is 9.59 Å². The first kappa shape index (κ1) is 15.3. The highest BCUT2D eigenvalue weighted by molar-refractivity contribution is 5.87. The molecule has 0 bridgehead atoms. The minimum Gasteiger partial charge on any atom is -0.343 e. The molecule has 0 unspecified atom stereocenters. The summed E-state index contributed by atoms with van der Waals surface area (Å²) in [5.41, 5.74) is -0.591. The summed E-state index contributed by atoms with van der Waals surface area (Å²) < 4.78 is 0. The maximum absolute atomic E-state index is 12.4. The Kier molecular flexibility index (Phi) is 4.65. The maximum Gasteiger partial charge on any atom is 0.242 e. The smallest absolute Gasteiger partial charge is 0.242 e. The van der Waals surface area contributed by atoms with Crippen molar-refractivity contribution in [1.29, 1.82) is 0 Å². The van der Waals surface area contributed by atoms with Crippen LogP contribution in [0.25, 0.3) is 0 Å². The molecule has 2 saturated heterocycles. The van der Waals surface area contributed by atoms with E-state index in [0.717, 1.165) is 39.1 Å². The largest absolute Gasteiger partial charge is 0.343 e. The second-order valence-corrected chi connectivity index (χ2v) is 6.19. The molecule has 2 aliphatic heterocycles. The standard InChI is InChI=1S/C14H26N4O2/c1-14(2)13(20)16(3)9-10-18(14)11-12(19)17-7-4-5-15-6-8-17/h15H,4-11H2,1-3H3. The highest BCUT2D eigenvalue weighted by Crippen LogP contribution is 2.21. The van der Waals surface area contributed by atoms with Crippen LogP contribution in [-0.2, 0) is 9.59 Å². The number of carbonyl (C=O) groups excluding carboxylic acids is 2. The molecule has 2 amide bonds. The maximum atomic E-state index is 12.4. The topological polar surface area (TPSA) is 55.9 Å². The Morgan fingerprint density at radius 3 is 2.70 bits per heavy atom. The second kappa shape index (κ2) is 6.10. The van der Waals surface area contributed by atoms with Crippen LogP contribution in [0, 0.1) is 0 Å². The molecule has 1 N–H and O–H groups in total. The van der Waals surface area contributed by atoms with Crippen LogP contribution in [0.15, 0.2) is 0 Å². The molecule has 0 aromatic rings. The van der Waals surface area contributed by atoms with Gasteiger partial charge in [0.2, 0.25) is 11.8 Å². The SMILES string of the molecule is CN1CCN(CC(=O)N2CCCNCC2)C(C)(C)C1=O. The van der Waals surface area contributed by atoms with E-state index in [1.807, 2.05) is 30.7 Å². The third-order valence-electron chi connectivity index (χ3n) is 4.38. The molecular weight excluding hydrogens is 256 g/mol. The van der Waals surface area contributed by atoms with E-state index >= 15 is 0 Å². The van der Waals surface area contributed by atoms with Gasteiger partial charge < -0.3 is 15.1 Å². The average Bonchev–Trinajstić information content (AvgIpc) is 2.69. The van der Waals surface area contributed by atoms with Crippen LogP contribution in [0.3, 0.4) is 0 Å². The number of carbonyl (C=O) groups is 2. The van der Waals surface area contributed by atoms with Crippen LogP contribution in [0.4, 0.5) is 0 Å². The first-order chi connectivity index (χ1) is 9.43. The summed E-state index contributed by atoms with van der Waals surface area (Å²) in [5, 5.41) is 3.30. The van der Waals surface area contributed by atoms with Crippen LogP contribution in [0.1, 0.15) is 20.3 Å². The summed E-state index contributed by atoms with van der Waals surface area (Å²) in [6.45, 7) is 9.01. The fourth-order valence-corrected chi connectivity index (χ4v) is 2.89. The van der Waals surface area contributed by atoms with E-state index in [9.17, 15) is 9.59 Å². The van der Waals surface area contributed by atoms with Gasteiger partial charge in [-0.1, -0.05) is 0 Å². The predicted octanol–water partition coefficient (Wildman–Crippen LogP) is -0.639. The normalized spacial score (nSPS) is 24.6. The van der Waals surface area contributed by atoms with Gasteiger partial charge in [-0.15, -0.1) is 0 Å². The van der Waals surface area contributed by atoms with E-state index in [-0.39, 0.29) is 11.8 Å². The minimum absolute atomic E-state index is 0.0917. The van der Waals surface area contributed by atoms with E-state index in [0.29, 0.717) is 13.1 Å². The highest BCUT2D eigenvalue weighted by Gasteiger charge is 2.41. The van der Waals surface area contributed by atoms with Gasteiger partial charge in [-0.05, 0) is 26.8 Å². The Balaban J connectivity index is 1.98. The molecule has 2 heterocycles. The number of rotatable bonds is 2. The Labute approximate surface area is 121 Å². The molecular formula is C14H26N4O2. The molecule has 6 nitrogen and oxygen atoms in total. The van der Waals surface area contributed by atoms with Crippen LogP contribution >= 0.6 is 0 Å². The first-order valence-electron chi connectivity index (χ1n) is 7.42. The zero-order valence-electron chi connectivity index (χ0n) is 12.8. The van der Waals surface area contributed by atoms with Crippen LogP contribution in [0.2, 0.25) is 0 Å². The Morgan fingerprint density at radius 1 is 1.20 bits per heavy atom. The van der Waals surface area contributed by atoms with Gasteiger partial charge in [0.25, 0.3) is 0 Å². The highest BCUT2D eigenvalue weighted by atomic mass is 16.2. The third kappa shape index (κ3) is 3.12. The van der Waals surface area contributed by atoms with Crippen molar-refractivity contribution in [3.63, 3.8) is 0 Å². The summed E-state index contributed by atoms with van der Waals surface area (Å²) in [6, 6.07) is 0. The van der Waals surface area contributed by atoms with Crippen LogP contribution in [-0.4, -0.2) is 84.9 Å². The fraction of sp³-hybridized carbons (Fsp3) is 0.857. The second-order valence-electron chi connectivity index (χ2n) is 6.19. The molecule has 0 saturated carbocycles. The van der Waals surface area contributed by atoms with Crippen LogP contribution < -0.4 is 5.32 Å². The number of likely N-dealkylation sites (N-methyl/N-ethyl adjacent to an activating group) is 1. The molecule has 2 aliphatic rings. The molecule has 20 heavy (non-hydrogen) atoms. The Hall–Kier alpha value is -1.14. The van der Waals surface area contributed by atoms with Crippen molar-refractivity contribution in [2.45, 2.75) is 25.8 Å². The van der Waals surface area contributed by atoms with E-state index in [1.165, 1.54) is 0 Å². The molecule has 2 fully saturated rings. The predicted molar refractivity (Wildman–Crippen MR) is 77.4 cm³/mol. The number of piperazine rings is 1. The summed E-state index contributed by atoms with van der Waals surface area (Å²) in [6.07, 6.45) is 0.997. The number of nitrogens with zero attached hydrogens (tertiary/aromatic N) is 3. The quantitative estimate of drug-likeness (QED) is 0.732. The Morgan fingerprint density at radius 2 is 1.95 bits per heavy atom. The van der Waals surface area contributed by atoms with Gasteiger partial charge in [0, 0.05) is 39.8 Å². The van der Waals surface area contributed by atoms with Gasteiger partial charge in [0.15, 0.2) is 0 Å². The van der Waals surface area contributed by atoms with Crippen molar-refractivity contribution in [3.05, 3.63) is 0 Å². The zero-order chi connectivity index (χ0) is 14.8. The molecule has 0 aliphatic carbocycles. The molecule has 6 heteroatoms. The van der Waals surface area contributed by atoms with E-state index in [1.54, 1.807) is 4.90 Å². The van der Waals surface area contributed by atoms with Gasteiger partial charge >= 0.3 is 0 Å². The van der Waals surface area contributed by atoms with Crippen molar-refractivity contribution in [3.8, 4) is 0 Å². The summed E-state index contributed by atoms with van der Waals surface area (Å²) in [4.78, 5) is 30.3. The number of hydrogen-bond donors (Lipinski definition) is 1. The third-order valence-corrected chi connectivity index (χ3v) is 4.38. The number of amides is 2. The van der Waals surface area contributed by atoms with Gasteiger partial charge in [-0.2, -0.15) is 0 Å². The van der Waals surface area contributed by atoms with Crippen molar-refractivity contribution in [2.75, 3.05) is 52.9 Å². The van der Waals surface area contributed by atoms with Crippen molar-refractivity contribution >= 4 is 11.8 Å². The molecule has 0 atom stereocenters. The van der Waals surface area contributed by atoms with E-state index in [2.05, 4.69) is 5.32 Å². The lowest BCUT2D eigenvalue weighted by Gasteiger charge is -2.44. The van der Waals surface area contributed by atoms with E-state index in [4.69, 9.17) is 0 Å². The summed E-state index contributed by atoms with van der Waals surface area (Å²) >= 11 is 0. The number of hydrogen-bond acceptors (Lipinski definition) is 4. The lowest BCUT2D eigenvalue weighted by molar-refractivity contribution is -0.150. The fourth-order valence-electron chi connectivity index (χ4n) is 2.89. The van der Waals surface area contributed by atoms with Crippen molar-refractivity contribution in [2.24, 2.45) is 0 Å². The monoisotopic (exact) mass is 282 g/mol. The molecule has 0 radical (unpaired) electrons. The Bertz CT molecular complexity index is 375. The lowest BCUT2D eigenvalue weighted by Crippen LogP contribution is -2.63. The van der Waals surface area contributed by atoms with Gasteiger partial charge in [0.1, 0.15) is 0 Å². The molecule has 0 aromatic heterocycles. The molecule has 114 valence electrons. The van der Waals surface area contributed by atoms with E-state index < -0.39 is 5.54 Å². The average molecular weight is 282 g/mol.